The van der Waals surface area contributed by atoms with Gasteiger partial charge in [0.25, 0.3) is 11.8 Å². The summed E-state index contributed by atoms with van der Waals surface area (Å²) in [5.74, 6) is -1.07. The van der Waals surface area contributed by atoms with Gasteiger partial charge in [-0.15, -0.1) is 0 Å². The second kappa shape index (κ2) is 12.2. The molecule has 0 bridgehead atoms. The Morgan fingerprint density at radius 1 is 1.19 bits per heavy atom. The molecule has 0 radical (unpaired) electrons. The van der Waals surface area contributed by atoms with E-state index in [0.717, 1.165) is 0 Å². The highest BCUT2D eigenvalue weighted by Gasteiger charge is 2.24. The lowest BCUT2D eigenvalue weighted by Crippen LogP contribution is -2.48. The molecule has 1 atom stereocenters. The highest BCUT2D eigenvalue weighted by molar-refractivity contribution is 9.10. The monoisotopic (exact) mass is 523 g/mol. The van der Waals surface area contributed by atoms with Crippen LogP contribution in [0, 0.1) is 5.92 Å². The second-order valence-corrected chi connectivity index (χ2v) is 8.29. The van der Waals surface area contributed by atoms with Crippen LogP contribution in [0.1, 0.15) is 29.8 Å². The van der Waals surface area contributed by atoms with E-state index in [2.05, 4.69) is 36.5 Å². The number of esters is 1. The average molecular weight is 525 g/mol. The van der Waals surface area contributed by atoms with Crippen molar-refractivity contribution in [2.24, 2.45) is 11.0 Å². The molecule has 2 aromatic rings. The fourth-order valence-corrected chi connectivity index (χ4v) is 3.24. The van der Waals surface area contributed by atoms with Gasteiger partial charge in [-0.25, -0.2) is 10.2 Å². The Morgan fingerprint density at radius 3 is 2.56 bits per heavy atom. The average Bonchev–Trinajstić information content (AvgIpc) is 2.76. The second-order valence-electron chi connectivity index (χ2n) is 6.99. The predicted octanol–water partition coefficient (Wildman–Crippen LogP) is 3.56. The Balaban J connectivity index is 1.98. The minimum atomic E-state index is -0.792. The van der Waals surface area contributed by atoms with E-state index >= 15 is 0 Å². The fourth-order valence-electron chi connectivity index (χ4n) is 2.54. The van der Waals surface area contributed by atoms with Crippen LogP contribution in [0.5, 0.6) is 5.75 Å². The summed E-state index contributed by atoms with van der Waals surface area (Å²) in [6.45, 7) is 3.42. The molecule has 1 unspecified atom stereocenters. The zero-order chi connectivity index (χ0) is 23.7. The highest BCUT2D eigenvalue weighted by atomic mass is 79.9. The summed E-state index contributed by atoms with van der Waals surface area (Å²) in [4.78, 5) is 36.2. The summed E-state index contributed by atoms with van der Waals surface area (Å²) in [5, 5.41) is 7.10. The fraction of sp³-hybridized carbons (Fsp3) is 0.273. The lowest BCUT2D eigenvalue weighted by molar-refractivity contribution is -0.142. The first-order chi connectivity index (χ1) is 15.2. The SMILES string of the molecule is COC(=O)COc1ccc(/C=N/NC(=O)C(NC(=O)c2cccc(Cl)c2)C(C)C)cc1Br. The van der Waals surface area contributed by atoms with Crippen LogP contribution in [0.15, 0.2) is 52.0 Å². The van der Waals surface area contributed by atoms with Crippen molar-refractivity contribution < 1.29 is 23.9 Å². The Bertz CT molecular complexity index is 1010. The van der Waals surface area contributed by atoms with Gasteiger partial charge in [0.05, 0.1) is 17.8 Å². The van der Waals surface area contributed by atoms with E-state index in [9.17, 15) is 14.4 Å². The van der Waals surface area contributed by atoms with Crippen molar-refractivity contribution >= 4 is 51.5 Å². The molecular formula is C22H23BrClN3O5. The zero-order valence-electron chi connectivity index (χ0n) is 17.7. The first-order valence-electron chi connectivity index (χ1n) is 9.59. The van der Waals surface area contributed by atoms with Crippen molar-refractivity contribution in [1.29, 1.82) is 0 Å². The molecule has 0 aliphatic rings. The number of hydrazone groups is 1. The minimum absolute atomic E-state index is 0.172. The molecule has 170 valence electrons. The van der Waals surface area contributed by atoms with Gasteiger partial charge in [0.2, 0.25) is 0 Å². The van der Waals surface area contributed by atoms with E-state index in [-0.39, 0.29) is 12.5 Å². The normalized spacial score (nSPS) is 11.8. The van der Waals surface area contributed by atoms with E-state index in [1.807, 2.05) is 13.8 Å². The Kier molecular flexibility index (Phi) is 9.67. The Labute approximate surface area is 199 Å². The van der Waals surface area contributed by atoms with Crippen molar-refractivity contribution in [3.63, 3.8) is 0 Å². The third-order valence-electron chi connectivity index (χ3n) is 4.24. The molecule has 8 nitrogen and oxygen atoms in total. The van der Waals surface area contributed by atoms with E-state index < -0.39 is 23.8 Å². The summed E-state index contributed by atoms with van der Waals surface area (Å²) in [5.41, 5.74) is 3.48. The quantitative estimate of drug-likeness (QED) is 0.296. The summed E-state index contributed by atoms with van der Waals surface area (Å²) < 4.78 is 10.5. The molecule has 0 aromatic heterocycles. The Morgan fingerprint density at radius 2 is 1.94 bits per heavy atom. The molecule has 2 amide bonds. The van der Waals surface area contributed by atoms with Crippen LogP contribution in [0.2, 0.25) is 5.02 Å². The van der Waals surface area contributed by atoms with Crippen LogP contribution in [0.4, 0.5) is 0 Å². The molecule has 0 aliphatic carbocycles. The van der Waals surface area contributed by atoms with Gasteiger partial charge in [-0.3, -0.25) is 9.59 Å². The van der Waals surface area contributed by atoms with E-state index in [4.69, 9.17) is 16.3 Å². The molecule has 2 rings (SSSR count). The number of hydrogen-bond donors (Lipinski definition) is 2. The van der Waals surface area contributed by atoms with Crippen LogP contribution in [-0.4, -0.2) is 43.8 Å². The van der Waals surface area contributed by atoms with Crippen LogP contribution in [-0.2, 0) is 14.3 Å². The number of nitrogens with zero attached hydrogens (tertiary/aromatic N) is 1. The maximum atomic E-state index is 12.6. The molecule has 0 saturated carbocycles. The Hall–Kier alpha value is -2.91. The number of carbonyl (C=O) groups excluding carboxylic acids is 3. The smallest absolute Gasteiger partial charge is 0.343 e. The number of benzene rings is 2. The van der Waals surface area contributed by atoms with Gasteiger partial charge in [-0.1, -0.05) is 31.5 Å². The minimum Gasteiger partial charge on any atom is -0.481 e. The third-order valence-corrected chi connectivity index (χ3v) is 5.09. The number of methoxy groups -OCH3 is 1. The van der Waals surface area contributed by atoms with E-state index in [0.29, 0.717) is 26.4 Å². The van der Waals surface area contributed by atoms with E-state index in [1.54, 1.807) is 36.4 Å². The number of nitrogens with one attached hydrogen (secondary N) is 2. The predicted molar refractivity (Wildman–Crippen MR) is 125 cm³/mol. The molecular weight excluding hydrogens is 502 g/mol. The molecule has 0 saturated heterocycles. The molecule has 0 fully saturated rings. The van der Waals surface area contributed by atoms with Crippen molar-refractivity contribution in [3.05, 3.63) is 63.1 Å². The van der Waals surface area contributed by atoms with Crippen molar-refractivity contribution in [2.45, 2.75) is 19.9 Å². The lowest BCUT2D eigenvalue weighted by Gasteiger charge is -2.20. The maximum Gasteiger partial charge on any atom is 0.343 e. The largest absolute Gasteiger partial charge is 0.481 e. The van der Waals surface area contributed by atoms with Crippen LogP contribution >= 0.6 is 27.5 Å². The summed E-state index contributed by atoms with van der Waals surface area (Å²) in [7, 11) is 1.28. The van der Waals surface area contributed by atoms with Gasteiger partial charge in [0.15, 0.2) is 6.61 Å². The van der Waals surface area contributed by atoms with Gasteiger partial charge in [0.1, 0.15) is 11.8 Å². The van der Waals surface area contributed by atoms with Gasteiger partial charge in [-0.2, -0.15) is 5.10 Å². The summed E-state index contributed by atoms with van der Waals surface area (Å²) in [6, 6.07) is 10.7. The van der Waals surface area contributed by atoms with Crippen molar-refractivity contribution in [3.8, 4) is 5.75 Å². The van der Waals surface area contributed by atoms with Crippen molar-refractivity contribution in [2.75, 3.05) is 13.7 Å². The molecule has 2 aromatic carbocycles. The number of amides is 2. The number of ether oxygens (including phenoxy) is 2. The molecule has 2 N–H and O–H groups in total. The van der Waals surface area contributed by atoms with Gasteiger partial charge in [-0.05, 0) is 63.8 Å². The zero-order valence-corrected chi connectivity index (χ0v) is 20.1. The van der Waals surface area contributed by atoms with Crippen LogP contribution in [0.25, 0.3) is 0 Å². The molecule has 10 heteroatoms. The molecule has 32 heavy (non-hydrogen) atoms. The van der Waals surface area contributed by atoms with Crippen molar-refractivity contribution in [1.82, 2.24) is 10.7 Å². The molecule has 0 heterocycles. The first-order valence-corrected chi connectivity index (χ1v) is 10.8. The van der Waals surface area contributed by atoms with Crippen LogP contribution in [0.3, 0.4) is 0 Å². The summed E-state index contributed by atoms with van der Waals surface area (Å²) in [6.07, 6.45) is 1.45. The summed E-state index contributed by atoms with van der Waals surface area (Å²) >= 11 is 9.28. The third kappa shape index (κ3) is 7.65. The molecule has 0 aliphatic heterocycles. The lowest BCUT2D eigenvalue weighted by atomic mass is 10.0. The number of hydrogen-bond acceptors (Lipinski definition) is 6. The number of rotatable bonds is 9. The topological polar surface area (TPSA) is 106 Å². The molecule has 0 spiro atoms. The van der Waals surface area contributed by atoms with Gasteiger partial charge >= 0.3 is 5.97 Å². The van der Waals surface area contributed by atoms with Crippen LogP contribution < -0.4 is 15.5 Å². The number of halogens is 2. The number of carbonyl (C=O) groups is 3. The van der Waals surface area contributed by atoms with E-state index in [1.165, 1.54) is 19.4 Å². The standard InChI is InChI=1S/C22H23BrClN3O5/c1-13(2)20(26-21(29)15-5-4-6-16(24)10-15)22(30)27-25-11-14-7-8-18(17(23)9-14)32-12-19(28)31-3/h4-11,13,20H,12H2,1-3H3,(H,26,29)(H,27,30)/b25-11+. The highest BCUT2D eigenvalue weighted by Crippen LogP contribution is 2.25. The first kappa shape index (κ1) is 25.4. The van der Waals surface area contributed by atoms with Gasteiger partial charge in [0, 0.05) is 10.6 Å². The maximum absolute atomic E-state index is 12.6. The van der Waals surface area contributed by atoms with Gasteiger partial charge < -0.3 is 14.8 Å².